The summed E-state index contributed by atoms with van der Waals surface area (Å²) in [6, 6.07) is 5.73. The van der Waals surface area contributed by atoms with E-state index in [1.807, 2.05) is 0 Å². The molecule has 2 amide bonds. The summed E-state index contributed by atoms with van der Waals surface area (Å²) in [4.78, 5) is 43.2. The Balaban J connectivity index is 1.76. The van der Waals surface area contributed by atoms with Gasteiger partial charge in [-0.1, -0.05) is 46.3 Å². The molecule has 8 nitrogen and oxygen atoms in total. The summed E-state index contributed by atoms with van der Waals surface area (Å²) < 4.78 is 11.6. The number of aliphatic hydroxyl groups is 1. The molecule has 0 radical (unpaired) electrons. The van der Waals surface area contributed by atoms with Crippen LogP contribution in [0.1, 0.15) is 6.42 Å². The molecule has 3 fully saturated rings. The highest BCUT2D eigenvalue weighted by atomic mass is 79.9. The average Bonchev–Trinajstić information content (AvgIpc) is 3.40. The maximum atomic E-state index is 14.1. The minimum Gasteiger partial charge on any atom is -0.461 e. The number of hydrogen-bond acceptors (Lipinski definition) is 6. The van der Waals surface area contributed by atoms with Crippen LogP contribution in [0.5, 0.6) is 0 Å². The molecule has 1 N–H and O–H groups in total. The Labute approximate surface area is 211 Å². The minimum absolute atomic E-state index is 0.00923. The molecular weight excluding hydrogens is 528 g/mol. The van der Waals surface area contributed by atoms with Crippen LogP contribution in [0.3, 0.4) is 0 Å². The molecule has 10 heteroatoms. The number of alkyl halides is 1. The normalized spacial score (nSPS) is 31.3. The first-order chi connectivity index (χ1) is 16.3. The Hall–Kier alpha value is -2.20. The van der Waals surface area contributed by atoms with Crippen LogP contribution in [0.2, 0.25) is 5.02 Å². The molecule has 6 atom stereocenters. The summed E-state index contributed by atoms with van der Waals surface area (Å²) in [6.07, 6.45) is 2.79. The summed E-state index contributed by atoms with van der Waals surface area (Å²) in [6.45, 7) is 7.11. The first-order valence-corrected chi connectivity index (χ1v) is 12.3. The smallest absolute Gasteiger partial charge is 0.312 e. The van der Waals surface area contributed by atoms with Gasteiger partial charge in [0.2, 0.25) is 5.91 Å². The van der Waals surface area contributed by atoms with Gasteiger partial charge in [-0.2, -0.15) is 0 Å². The molecular formula is C24H26BrClN2O6. The molecule has 0 aliphatic carbocycles. The number of amides is 2. The predicted octanol–water partition coefficient (Wildman–Crippen LogP) is 2.33. The summed E-state index contributed by atoms with van der Waals surface area (Å²) in [5.41, 5.74) is -0.651. The van der Waals surface area contributed by atoms with Gasteiger partial charge in [0.1, 0.15) is 18.2 Å². The van der Waals surface area contributed by atoms with Crippen LogP contribution < -0.4 is 4.90 Å². The Morgan fingerprint density at radius 1 is 1.32 bits per heavy atom. The molecule has 1 aromatic carbocycles. The third-order valence-electron chi connectivity index (χ3n) is 6.70. The second-order valence-electron chi connectivity index (χ2n) is 8.55. The number of nitrogens with zero attached hydrogens (tertiary/aromatic N) is 2. The lowest BCUT2D eigenvalue weighted by atomic mass is 9.70. The predicted molar refractivity (Wildman–Crippen MR) is 130 cm³/mol. The lowest BCUT2D eigenvalue weighted by Gasteiger charge is -2.37. The summed E-state index contributed by atoms with van der Waals surface area (Å²) in [5.74, 6) is -3.10. The summed E-state index contributed by atoms with van der Waals surface area (Å²) in [7, 11) is 0. The van der Waals surface area contributed by atoms with Crippen molar-refractivity contribution in [2.24, 2.45) is 11.8 Å². The van der Waals surface area contributed by atoms with Crippen molar-refractivity contribution in [1.29, 1.82) is 0 Å². The van der Waals surface area contributed by atoms with Gasteiger partial charge in [-0.3, -0.25) is 14.4 Å². The molecule has 3 unspecified atom stereocenters. The number of halogens is 2. The molecule has 3 aliphatic heterocycles. The summed E-state index contributed by atoms with van der Waals surface area (Å²) >= 11 is 9.62. The molecule has 1 spiro atoms. The Bertz CT molecular complexity index is 1000. The van der Waals surface area contributed by atoms with Gasteiger partial charge in [0.25, 0.3) is 5.91 Å². The number of carbonyl (C=O) groups excluding carboxylic acids is 3. The van der Waals surface area contributed by atoms with Crippen LogP contribution in [0, 0.1) is 11.8 Å². The van der Waals surface area contributed by atoms with Gasteiger partial charge < -0.3 is 24.4 Å². The highest BCUT2D eigenvalue weighted by molar-refractivity contribution is 9.09. The van der Waals surface area contributed by atoms with Crippen molar-refractivity contribution in [3.8, 4) is 0 Å². The number of rotatable bonds is 9. The zero-order valence-electron chi connectivity index (χ0n) is 18.4. The molecule has 2 bridgehead atoms. The van der Waals surface area contributed by atoms with E-state index in [1.165, 1.54) is 15.9 Å². The fraction of sp³-hybridized carbons (Fsp3) is 0.458. The number of benzene rings is 1. The Kier molecular flexibility index (Phi) is 7.19. The minimum atomic E-state index is -1.23. The maximum Gasteiger partial charge on any atom is 0.312 e. The van der Waals surface area contributed by atoms with Crippen LogP contribution in [-0.4, -0.2) is 76.7 Å². The number of likely N-dealkylation sites (tertiary alicyclic amines) is 1. The molecule has 34 heavy (non-hydrogen) atoms. The molecule has 3 saturated heterocycles. The quantitative estimate of drug-likeness (QED) is 0.287. The molecule has 1 aromatic rings. The zero-order valence-corrected chi connectivity index (χ0v) is 20.8. The molecule has 0 saturated carbocycles. The number of esters is 1. The second kappa shape index (κ2) is 9.81. The van der Waals surface area contributed by atoms with E-state index >= 15 is 0 Å². The molecule has 182 valence electrons. The number of anilines is 1. The lowest BCUT2D eigenvalue weighted by Crippen LogP contribution is -2.57. The van der Waals surface area contributed by atoms with Gasteiger partial charge in [-0.25, -0.2) is 0 Å². The number of carbonyl (C=O) groups is 3. The molecule has 4 rings (SSSR count). The zero-order chi connectivity index (χ0) is 24.6. The largest absolute Gasteiger partial charge is 0.461 e. The number of β-amino-alcohol motifs (C(OH)–C–C–N with tert-alkyl or cyclic N) is 1. The van der Waals surface area contributed by atoms with E-state index in [4.69, 9.17) is 21.1 Å². The Morgan fingerprint density at radius 3 is 2.65 bits per heavy atom. The first-order valence-electron chi connectivity index (χ1n) is 11.0. The Morgan fingerprint density at radius 2 is 2.03 bits per heavy atom. The number of aliphatic hydroxyl groups excluding tert-OH is 1. The summed E-state index contributed by atoms with van der Waals surface area (Å²) in [5, 5.41) is 10.2. The number of hydrogen-bond donors (Lipinski definition) is 1. The molecule has 0 aromatic heterocycles. The first kappa shape index (κ1) is 24.9. The van der Waals surface area contributed by atoms with Gasteiger partial charge in [0, 0.05) is 28.6 Å². The van der Waals surface area contributed by atoms with Gasteiger partial charge in [0.05, 0.1) is 24.5 Å². The number of ether oxygens (including phenoxy) is 2. The fourth-order valence-corrected chi connectivity index (χ4v) is 6.55. The standard InChI is InChI=1S/C24H26BrClN2O6/c1-3-9-27(15-7-5-14(26)6-8-15)22(31)20-24-13-16(25)19(34-24)17(23(32)33-12-4-2)18(24)21(30)28(20)10-11-29/h3-8,16-20,29H,1-2,9-13H2/t16?,17-,18-,19-,20?,24?/m0/s1. The van der Waals surface area contributed by atoms with Crippen LogP contribution in [0.15, 0.2) is 49.6 Å². The van der Waals surface area contributed by atoms with Crippen molar-refractivity contribution in [2.75, 3.05) is 31.2 Å². The third kappa shape index (κ3) is 3.88. The van der Waals surface area contributed by atoms with Crippen molar-refractivity contribution in [1.82, 2.24) is 4.90 Å². The maximum absolute atomic E-state index is 14.1. The van der Waals surface area contributed by atoms with Crippen LogP contribution in [-0.2, 0) is 23.9 Å². The topological polar surface area (TPSA) is 96.4 Å². The van der Waals surface area contributed by atoms with Gasteiger partial charge in [0.15, 0.2) is 0 Å². The van der Waals surface area contributed by atoms with E-state index in [1.54, 1.807) is 30.3 Å². The van der Waals surface area contributed by atoms with E-state index in [9.17, 15) is 19.5 Å². The van der Waals surface area contributed by atoms with Crippen LogP contribution in [0.25, 0.3) is 0 Å². The van der Waals surface area contributed by atoms with Crippen molar-refractivity contribution < 1.29 is 29.0 Å². The lowest BCUT2D eigenvalue weighted by molar-refractivity contribution is -0.153. The van der Waals surface area contributed by atoms with Crippen molar-refractivity contribution in [3.05, 3.63) is 54.6 Å². The monoisotopic (exact) mass is 552 g/mol. The number of fused-ring (bicyclic) bond motifs is 1. The van der Waals surface area contributed by atoms with E-state index in [2.05, 4.69) is 29.1 Å². The molecule has 3 aliphatic rings. The third-order valence-corrected chi connectivity index (χ3v) is 7.79. The fourth-order valence-electron chi connectivity index (χ4n) is 5.48. The van der Waals surface area contributed by atoms with Crippen molar-refractivity contribution >= 4 is 51.0 Å². The van der Waals surface area contributed by atoms with Gasteiger partial charge in [-0.15, -0.1) is 6.58 Å². The van der Waals surface area contributed by atoms with E-state index in [-0.39, 0.29) is 37.0 Å². The molecule has 3 heterocycles. The average molecular weight is 554 g/mol. The van der Waals surface area contributed by atoms with Crippen molar-refractivity contribution in [2.45, 2.75) is 29.0 Å². The van der Waals surface area contributed by atoms with Crippen molar-refractivity contribution in [3.63, 3.8) is 0 Å². The van der Waals surface area contributed by atoms with E-state index in [0.717, 1.165) is 0 Å². The van der Waals surface area contributed by atoms with Gasteiger partial charge >= 0.3 is 5.97 Å². The highest BCUT2D eigenvalue weighted by Gasteiger charge is 2.77. The van der Waals surface area contributed by atoms with Crippen LogP contribution >= 0.6 is 27.5 Å². The SMILES string of the molecule is C=CCOC(=O)[C@H]1[C@H]2C(=O)N(CCO)C(C(=O)N(CC=C)c3ccc(Cl)cc3)C23CC(Br)[C@@H]1O3. The van der Waals surface area contributed by atoms with E-state index < -0.39 is 41.5 Å². The van der Waals surface area contributed by atoms with E-state index in [0.29, 0.717) is 17.1 Å². The van der Waals surface area contributed by atoms with Crippen LogP contribution in [0.4, 0.5) is 5.69 Å². The van der Waals surface area contributed by atoms with Gasteiger partial charge in [-0.05, 0) is 30.7 Å². The second-order valence-corrected chi connectivity index (χ2v) is 10.2. The highest BCUT2D eigenvalue weighted by Crippen LogP contribution is 2.60.